The molecule has 1 rings (SSSR count). The number of hydrogen-bond acceptors (Lipinski definition) is 2. The summed E-state index contributed by atoms with van der Waals surface area (Å²) in [6.45, 7) is 2.11. The van der Waals surface area contributed by atoms with Gasteiger partial charge in [-0.2, -0.15) is 0 Å². The van der Waals surface area contributed by atoms with Gasteiger partial charge in [-0.25, -0.2) is 0 Å². The average molecular weight is 187 g/mol. The first-order valence-electron chi connectivity index (χ1n) is 3.78. The van der Waals surface area contributed by atoms with Crippen molar-refractivity contribution in [1.29, 1.82) is 0 Å². The molecule has 5 N–H and O–H groups in total. The van der Waals surface area contributed by atoms with Crippen molar-refractivity contribution in [1.82, 2.24) is 6.15 Å². The minimum absolute atomic E-state index is 0. The van der Waals surface area contributed by atoms with Crippen LogP contribution in [0, 0.1) is 0 Å². The average Bonchev–Trinajstić information content (AvgIpc) is 1.97. The van der Waals surface area contributed by atoms with Gasteiger partial charge in [0.15, 0.2) is 0 Å². The lowest BCUT2D eigenvalue weighted by Gasteiger charge is -2.04. The Morgan fingerprint density at radius 2 is 2.08 bits per heavy atom. The smallest absolute Gasteiger partial charge is 0.0458 e. The molecule has 0 bridgehead atoms. The number of nitrogens with two attached hydrogens (primary N) is 1. The van der Waals surface area contributed by atoms with Crippen LogP contribution in [0.2, 0.25) is 5.02 Å². The van der Waals surface area contributed by atoms with E-state index in [9.17, 15) is 0 Å². The molecule has 0 aliphatic heterocycles. The second-order valence-electron chi connectivity index (χ2n) is 2.56. The van der Waals surface area contributed by atoms with Crippen molar-refractivity contribution in [2.75, 3.05) is 5.73 Å². The maximum absolute atomic E-state index is 5.93. The van der Waals surface area contributed by atoms with Gasteiger partial charge >= 0.3 is 0 Å². The number of rotatable bonds is 2. The summed E-state index contributed by atoms with van der Waals surface area (Å²) in [6, 6.07) is 5.64. The number of halogens is 1. The molecule has 1 aromatic carbocycles. The van der Waals surface area contributed by atoms with Crippen LogP contribution in [-0.4, -0.2) is 0 Å². The van der Waals surface area contributed by atoms with Crippen LogP contribution in [0.5, 0.6) is 0 Å². The molecule has 0 spiro atoms. The molecule has 0 aliphatic carbocycles. The number of nitrogen functional groups attached to an aromatic ring is 1. The van der Waals surface area contributed by atoms with Gasteiger partial charge in [-0.1, -0.05) is 31.0 Å². The SMILES string of the molecule is CCCc1c(N)cccc1Cl.N. The lowest BCUT2D eigenvalue weighted by molar-refractivity contribution is 0.924. The van der Waals surface area contributed by atoms with Gasteiger partial charge in [0, 0.05) is 10.7 Å². The first kappa shape index (κ1) is 11.3. The van der Waals surface area contributed by atoms with Crippen LogP contribution in [-0.2, 0) is 6.42 Å². The summed E-state index contributed by atoms with van der Waals surface area (Å²) in [6.07, 6.45) is 2.04. The van der Waals surface area contributed by atoms with Gasteiger partial charge in [0.05, 0.1) is 0 Å². The van der Waals surface area contributed by atoms with Gasteiger partial charge in [0.1, 0.15) is 0 Å². The summed E-state index contributed by atoms with van der Waals surface area (Å²) in [5, 5.41) is 0.784. The summed E-state index contributed by atoms with van der Waals surface area (Å²) in [5.41, 5.74) is 7.61. The molecule has 0 saturated heterocycles. The molecule has 3 heteroatoms. The fourth-order valence-corrected chi connectivity index (χ4v) is 1.37. The van der Waals surface area contributed by atoms with Gasteiger partial charge in [-0.3, -0.25) is 0 Å². The number of benzene rings is 1. The lowest BCUT2D eigenvalue weighted by atomic mass is 10.1. The van der Waals surface area contributed by atoms with E-state index in [0.29, 0.717) is 0 Å². The predicted octanol–water partition coefficient (Wildman–Crippen LogP) is 3.04. The van der Waals surface area contributed by atoms with Crippen LogP contribution in [0.3, 0.4) is 0 Å². The Hall–Kier alpha value is -0.730. The highest BCUT2D eigenvalue weighted by Gasteiger charge is 2.01. The maximum atomic E-state index is 5.93. The van der Waals surface area contributed by atoms with Crippen LogP contribution in [0.4, 0.5) is 5.69 Å². The molecule has 68 valence electrons. The zero-order valence-electron chi connectivity index (χ0n) is 7.31. The highest BCUT2D eigenvalue weighted by Crippen LogP contribution is 2.22. The third-order valence-corrected chi connectivity index (χ3v) is 2.01. The maximum Gasteiger partial charge on any atom is 0.0458 e. The van der Waals surface area contributed by atoms with Gasteiger partial charge in [0.2, 0.25) is 0 Å². The van der Waals surface area contributed by atoms with E-state index in [1.165, 1.54) is 0 Å². The Balaban J connectivity index is 0.00000121. The quantitative estimate of drug-likeness (QED) is 0.698. The first-order valence-corrected chi connectivity index (χ1v) is 4.16. The van der Waals surface area contributed by atoms with Crippen LogP contribution >= 0.6 is 11.6 Å². The molecule has 1 aromatic rings. The van der Waals surface area contributed by atoms with Crippen LogP contribution in [0.25, 0.3) is 0 Å². The van der Waals surface area contributed by atoms with E-state index in [2.05, 4.69) is 6.92 Å². The van der Waals surface area contributed by atoms with Crippen molar-refractivity contribution >= 4 is 17.3 Å². The van der Waals surface area contributed by atoms with E-state index >= 15 is 0 Å². The predicted molar refractivity (Wildman–Crippen MR) is 54.9 cm³/mol. The molecule has 2 nitrogen and oxygen atoms in total. The molecule has 0 atom stereocenters. The second kappa shape index (κ2) is 5.01. The number of hydrogen-bond donors (Lipinski definition) is 2. The summed E-state index contributed by atoms with van der Waals surface area (Å²) in [7, 11) is 0. The van der Waals surface area contributed by atoms with Gasteiger partial charge in [-0.05, 0) is 24.1 Å². The summed E-state index contributed by atoms with van der Waals surface area (Å²) in [5.74, 6) is 0. The molecular formula is C9H15ClN2. The van der Waals surface area contributed by atoms with Crippen LogP contribution in [0.15, 0.2) is 18.2 Å². The van der Waals surface area contributed by atoms with E-state index in [1.54, 1.807) is 0 Å². The lowest BCUT2D eigenvalue weighted by Crippen LogP contribution is -1.94. The Labute approximate surface area is 78.3 Å². The van der Waals surface area contributed by atoms with E-state index in [4.69, 9.17) is 17.3 Å². The molecule has 12 heavy (non-hydrogen) atoms. The molecule has 0 heterocycles. The topological polar surface area (TPSA) is 61.0 Å². The molecule has 0 aliphatic rings. The van der Waals surface area contributed by atoms with Gasteiger partial charge in [-0.15, -0.1) is 0 Å². The summed E-state index contributed by atoms with van der Waals surface area (Å²) >= 11 is 5.93. The first-order chi connectivity index (χ1) is 5.25. The zero-order chi connectivity index (χ0) is 8.27. The van der Waals surface area contributed by atoms with Crippen molar-refractivity contribution in [3.63, 3.8) is 0 Å². The molecular weight excluding hydrogens is 172 g/mol. The standard InChI is InChI=1S/C9H12ClN.H3N/c1-2-4-7-8(10)5-3-6-9(7)11;/h3,5-6H,2,4,11H2,1H3;1H3. The van der Waals surface area contributed by atoms with E-state index in [0.717, 1.165) is 29.1 Å². The van der Waals surface area contributed by atoms with E-state index in [-0.39, 0.29) is 6.15 Å². The Morgan fingerprint density at radius 3 is 2.58 bits per heavy atom. The summed E-state index contributed by atoms with van der Waals surface area (Å²) < 4.78 is 0. The fraction of sp³-hybridized carbons (Fsp3) is 0.333. The number of anilines is 1. The minimum atomic E-state index is 0. The monoisotopic (exact) mass is 186 g/mol. The molecule has 0 saturated carbocycles. The van der Waals surface area contributed by atoms with Gasteiger partial charge < -0.3 is 11.9 Å². The van der Waals surface area contributed by atoms with Crippen molar-refractivity contribution in [2.45, 2.75) is 19.8 Å². The molecule has 0 unspecified atom stereocenters. The molecule has 0 amide bonds. The highest BCUT2D eigenvalue weighted by atomic mass is 35.5. The summed E-state index contributed by atoms with van der Waals surface area (Å²) in [4.78, 5) is 0. The largest absolute Gasteiger partial charge is 0.398 e. The zero-order valence-corrected chi connectivity index (χ0v) is 8.06. The molecule has 0 radical (unpaired) electrons. The Morgan fingerprint density at radius 1 is 1.42 bits per heavy atom. The van der Waals surface area contributed by atoms with E-state index in [1.807, 2.05) is 18.2 Å². The van der Waals surface area contributed by atoms with Crippen molar-refractivity contribution in [2.24, 2.45) is 0 Å². The molecule has 0 aromatic heterocycles. The van der Waals surface area contributed by atoms with Gasteiger partial charge in [0.25, 0.3) is 0 Å². The third-order valence-electron chi connectivity index (χ3n) is 1.66. The van der Waals surface area contributed by atoms with Crippen molar-refractivity contribution < 1.29 is 0 Å². The third kappa shape index (κ3) is 2.40. The van der Waals surface area contributed by atoms with Crippen LogP contribution in [0.1, 0.15) is 18.9 Å². The Bertz CT molecular complexity index is 228. The normalized spacial score (nSPS) is 9.17. The fourth-order valence-electron chi connectivity index (χ4n) is 1.09. The van der Waals surface area contributed by atoms with E-state index < -0.39 is 0 Å². The highest BCUT2D eigenvalue weighted by molar-refractivity contribution is 6.31. The second-order valence-corrected chi connectivity index (χ2v) is 2.96. The van der Waals surface area contributed by atoms with Crippen LogP contribution < -0.4 is 11.9 Å². The van der Waals surface area contributed by atoms with Crippen molar-refractivity contribution in [3.05, 3.63) is 28.8 Å². The Kier molecular flexibility index (Phi) is 4.71. The minimum Gasteiger partial charge on any atom is -0.398 e. The molecule has 0 fully saturated rings. The van der Waals surface area contributed by atoms with Crippen molar-refractivity contribution in [3.8, 4) is 0 Å².